The van der Waals surface area contributed by atoms with Crippen LogP contribution in [0.5, 0.6) is 0 Å². The van der Waals surface area contributed by atoms with E-state index < -0.39 is 28.5 Å². The number of rotatable bonds is 6. The van der Waals surface area contributed by atoms with Crippen molar-refractivity contribution < 1.29 is 27.5 Å². The maximum Gasteiger partial charge on any atom is 0.337 e. The van der Waals surface area contributed by atoms with E-state index in [9.17, 15) is 18.0 Å². The first-order valence-corrected chi connectivity index (χ1v) is 10.1. The van der Waals surface area contributed by atoms with E-state index in [2.05, 4.69) is 9.47 Å². The van der Waals surface area contributed by atoms with Crippen LogP contribution in [0.1, 0.15) is 10.4 Å². The van der Waals surface area contributed by atoms with E-state index in [0.717, 1.165) is 15.1 Å². The molecule has 0 radical (unpaired) electrons. The van der Waals surface area contributed by atoms with Crippen molar-refractivity contribution in [1.82, 2.24) is 0 Å². The summed E-state index contributed by atoms with van der Waals surface area (Å²) in [6.07, 6.45) is 0. The summed E-state index contributed by atoms with van der Waals surface area (Å²) in [6, 6.07) is 17.9. The number of hydrogen-bond acceptors (Lipinski definition) is 6. The van der Waals surface area contributed by atoms with Crippen LogP contribution < -0.4 is 4.31 Å². The molecule has 0 spiro atoms. The van der Waals surface area contributed by atoms with Gasteiger partial charge in [-0.05, 0) is 47.2 Å². The number of fused-ring (bicyclic) bond motifs is 1. The average molecular weight is 413 g/mol. The molecule has 0 amide bonds. The van der Waals surface area contributed by atoms with Gasteiger partial charge in [-0.15, -0.1) is 0 Å². The molecule has 7 nitrogen and oxygen atoms in total. The van der Waals surface area contributed by atoms with Gasteiger partial charge >= 0.3 is 11.9 Å². The number of carbonyl (C=O) groups is 2. The first-order valence-electron chi connectivity index (χ1n) is 8.63. The number of benzene rings is 3. The van der Waals surface area contributed by atoms with Crippen LogP contribution in [0.4, 0.5) is 5.69 Å². The fourth-order valence-electron chi connectivity index (χ4n) is 2.83. The smallest absolute Gasteiger partial charge is 0.337 e. The van der Waals surface area contributed by atoms with E-state index in [-0.39, 0.29) is 16.1 Å². The minimum absolute atomic E-state index is 0.0390. The Morgan fingerprint density at radius 3 is 2.14 bits per heavy atom. The maximum absolute atomic E-state index is 13.3. The number of esters is 2. The van der Waals surface area contributed by atoms with E-state index in [1.165, 1.54) is 44.6 Å². The molecule has 0 aromatic heterocycles. The monoisotopic (exact) mass is 413 g/mol. The van der Waals surface area contributed by atoms with E-state index in [1.807, 2.05) is 24.3 Å². The lowest BCUT2D eigenvalue weighted by atomic mass is 10.1. The molecule has 8 heteroatoms. The van der Waals surface area contributed by atoms with E-state index in [1.54, 1.807) is 12.1 Å². The van der Waals surface area contributed by atoms with Crippen molar-refractivity contribution in [2.45, 2.75) is 4.90 Å². The number of anilines is 1. The topological polar surface area (TPSA) is 90.0 Å². The predicted molar refractivity (Wildman–Crippen MR) is 108 cm³/mol. The van der Waals surface area contributed by atoms with Gasteiger partial charge in [0.1, 0.15) is 6.54 Å². The molecular weight excluding hydrogens is 394 g/mol. The normalized spacial score (nSPS) is 11.1. The summed E-state index contributed by atoms with van der Waals surface area (Å²) in [7, 11) is -1.64. The Morgan fingerprint density at radius 1 is 0.862 bits per heavy atom. The molecule has 0 saturated heterocycles. The van der Waals surface area contributed by atoms with Gasteiger partial charge in [0.2, 0.25) is 0 Å². The van der Waals surface area contributed by atoms with Crippen molar-refractivity contribution in [3.63, 3.8) is 0 Å². The summed E-state index contributed by atoms with van der Waals surface area (Å²) in [6.45, 7) is -0.511. The third-order valence-corrected chi connectivity index (χ3v) is 6.16. The second-order valence-electron chi connectivity index (χ2n) is 6.14. The summed E-state index contributed by atoms with van der Waals surface area (Å²) in [5.74, 6) is -1.26. The Balaban J connectivity index is 2.06. The SMILES string of the molecule is COC(=O)CN(c1ccc(C(=O)OC)cc1)S(=O)(=O)c1ccc2ccccc2c1. The van der Waals surface area contributed by atoms with E-state index in [4.69, 9.17) is 0 Å². The minimum Gasteiger partial charge on any atom is -0.468 e. The maximum atomic E-state index is 13.3. The van der Waals surface area contributed by atoms with Crippen LogP contribution in [0.2, 0.25) is 0 Å². The van der Waals surface area contributed by atoms with Gasteiger partial charge in [-0.1, -0.05) is 30.3 Å². The molecule has 3 aromatic rings. The van der Waals surface area contributed by atoms with Gasteiger partial charge in [-0.2, -0.15) is 0 Å². The molecule has 0 N–H and O–H groups in total. The molecule has 3 aromatic carbocycles. The lowest BCUT2D eigenvalue weighted by molar-refractivity contribution is -0.138. The van der Waals surface area contributed by atoms with Gasteiger partial charge in [0.05, 0.1) is 30.4 Å². The molecule has 0 aliphatic heterocycles. The molecule has 0 fully saturated rings. The van der Waals surface area contributed by atoms with Gasteiger partial charge in [0.15, 0.2) is 0 Å². The standard InChI is InChI=1S/C21H19NO6S/c1-27-20(23)14-22(18-10-7-16(8-11-18)21(24)28-2)29(25,26)19-12-9-15-5-3-4-6-17(15)13-19/h3-13H,14H2,1-2H3. The number of carbonyl (C=O) groups excluding carboxylic acids is 2. The fraction of sp³-hybridized carbons (Fsp3) is 0.143. The van der Waals surface area contributed by atoms with Crippen molar-refractivity contribution in [2.24, 2.45) is 0 Å². The van der Waals surface area contributed by atoms with Crippen LogP contribution in [0.15, 0.2) is 71.6 Å². The van der Waals surface area contributed by atoms with Crippen LogP contribution in [0.25, 0.3) is 10.8 Å². The largest absolute Gasteiger partial charge is 0.468 e. The van der Waals surface area contributed by atoms with Gasteiger partial charge < -0.3 is 9.47 Å². The Labute approximate surface area is 168 Å². The molecule has 0 bridgehead atoms. The highest BCUT2D eigenvalue weighted by atomic mass is 32.2. The molecule has 3 rings (SSSR count). The molecule has 0 aliphatic carbocycles. The van der Waals surface area contributed by atoms with Gasteiger partial charge in [0.25, 0.3) is 10.0 Å². The molecule has 29 heavy (non-hydrogen) atoms. The highest BCUT2D eigenvalue weighted by molar-refractivity contribution is 7.92. The lowest BCUT2D eigenvalue weighted by Gasteiger charge is -2.23. The lowest BCUT2D eigenvalue weighted by Crippen LogP contribution is -2.36. The first-order chi connectivity index (χ1) is 13.9. The number of ether oxygens (including phenoxy) is 2. The van der Waals surface area contributed by atoms with E-state index in [0.29, 0.717) is 0 Å². The Morgan fingerprint density at radius 2 is 1.52 bits per heavy atom. The number of hydrogen-bond donors (Lipinski definition) is 0. The second kappa shape index (κ2) is 8.32. The number of methoxy groups -OCH3 is 2. The van der Waals surface area contributed by atoms with E-state index >= 15 is 0 Å². The molecule has 0 unspecified atom stereocenters. The van der Waals surface area contributed by atoms with Crippen molar-refractivity contribution in [3.8, 4) is 0 Å². The predicted octanol–water partition coefficient (Wildman–Crippen LogP) is 2.99. The summed E-state index contributed by atoms with van der Waals surface area (Å²) < 4.78 is 36.9. The molecule has 0 atom stereocenters. The van der Waals surface area contributed by atoms with Gasteiger partial charge in [0, 0.05) is 0 Å². The zero-order valence-corrected chi connectivity index (χ0v) is 16.7. The number of sulfonamides is 1. The zero-order valence-electron chi connectivity index (χ0n) is 15.9. The van der Waals surface area contributed by atoms with Crippen LogP contribution in [0.3, 0.4) is 0 Å². The molecule has 0 heterocycles. The minimum atomic E-state index is -4.07. The van der Waals surface area contributed by atoms with Gasteiger partial charge in [-0.25, -0.2) is 13.2 Å². The third kappa shape index (κ3) is 4.22. The van der Waals surface area contributed by atoms with Crippen LogP contribution in [0, 0.1) is 0 Å². The molecule has 0 saturated carbocycles. The zero-order chi connectivity index (χ0) is 21.0. The van der Waals surface area contributed by atoms with Crippen molar-refractivity contribution >= 4 is 38.4 Å². The molecule has 0 aliphatic rings. The quantitative estimate of drug-likeness (QED) is 0.577. The fourth-order valence-corrected chi connectivity index (χ4v) is 4.28. The Bertz CT molecular complexity index is 1160. The number of nitrogens with zero attached hydrogens (tertiary/aromatic N) is 1. The summed E-state index contributed by atoms with van der Waals surface area (Å²) in [5.41, 5.74) is 0.480. The first kappa shape index (κ1) is 20.3. The van der Waals surface area contributed by atoms with Crippen molar-refractivity contribution in [1.29, 1.82) is 0 Å². The second-order valence-corrected chi connectivity index (χ2v) is 8.00. The molecular formula is C21H19NO6S. The van der Waals surface area contributed by atoms with Crippen LogP contribution in [-0.4, -0.2) is 41.1 Å². The Kier molecular flexibility index (Phi) is 5.84. The summed E-state index contributed by atoms with van der Waals surface area (Å²) in [5, 5.41) is 1.65. The van der Waals surface area contributed by atoms with Crippen molar-refractivity contribution in [3.05, 3.63) is 72.3 Å². The summed E-state index contributed by atoms with van der Waals surface area (Å²) in [4.78, 5) is 23.6. The average Bonchev–Trinajstić information content (AvgIpc) is 2.76. The van der Waals surface area contributed by atoms with Crippen LogP contribution in [-0.2, 0) is 24.3 Å². The van der Waals surface area contributed by atoms with Gasteiger partial charge in [-0.3, -0.25) is 9.10 Å². The summed E-state index contributed by atoms with van der Waals surface area (Å²) >= 11 is 0. The highest BCUT2D eigenvalue weighted by Gasteiger charge is 2.28. The van der Waals surface area contributed by atoms with Crippen LogP contribution >= 0.6 is 0 Å². The van der Waals surface area contributed by atoms with Crippen molar-refractivity contribution in [2.75, 3.05) is 25.1 Å². The third-order valence-electron chi connectivity index (χ3n) is 4.39. The Hall–Kier alpha value is -3.39. The molecule has 150 valence electrons. The highest BCUT2D eigenvalue weighted by Crippen LogP contribution is 2.27.